The SMILES string of the molecule is COC(=O)c1c(-c2ccccc2)c2cc(Br)ccc2c(=O)n1Cc1ccc([N+](=O)[O-])cc1. The van der Waals surface area contributed by atoms with Crippen molar-refractivity contribution in [2.75, 3.05) is 7.11 Å². The summed E-state index contributed by atoms with van der Waals surface area (Å²) in [5, 5.41) is 12.0. The van der Waals surface area contributed by atoms with Crippen molar-refractivity contribution in [3.05, 3.63) is 109 Å². The summed E-state index contributed by atoms with van der Waals surface area (Å²) in [7, 11) is 1.27. The average Bonchev–Trinajstić information content (AvgIpc) is 2.80. The second-order valence-corrected chi connectivity index (χ2v) is 8.00. The number of nitrogens with zero attached hydrogens (tertiary/aromatic N) is 2. The van der Waals surface area contributed by atoms with Crippen LogP contribution in [-0.4, -0.2) is 22.6 Å². The number of methoxy groups -OCH3 is 1. The summed E-state index contributed by atoms with van der Waals surface area (Å²) in [6, 6.07) is 20.5. The van der Waals surface area contributed by atoms with Gasteiger partial charge in [0.25, 0.3) is 11.2 Å². The molecule has 0 atom stereocenters. The van der Waals surface area contributed by atoms with E-state index in [-0.39, 0.29) is 23.5 Å². The molecule has 0 N–H and O–H groups in total. The Bertz CT molecular complexity index is 1400. The Labute approximate surface area is 191 Å². The van der Waals surface area contributed by atoms with E-state index >= 15 is 0 Å². The number of hydrogen-bond acceptors (Lipinski definition) is 5. The maximum atomic E-state index is 13.5. The maximum Gasteiger partial charge on any atom is 0.355 e. The zero-order chi connectivity index (χ0) is 22.8. The number of non-ortho nitro benzene ring substituents is 1. The number of hydrogen-bond donors (Lipinski definition) is 0. The minimum absolute atomic E-state index is 0.0487. The monoisotopic (exact) mass is 492 g/mol. The lowest BCUT2D eigenvalue weighted by Crippen LogP contribution is -2.28. The molecule has 0 spiro atoms. The Morgan fingerprint density at radius 3 is 2.34 bits per heavy atom. The van der Waals surface area contributed by atoms with Crippen LogP contribution in [0.2, 0.25) is 0 Å². The van der Waals surface area contributed by atoms with Gasteiger partial charge in [-0.3, -0.25) is 19.5 Å². The third-order valence-corrected chi connectivity index (χ3v) is 5.66. The van der Waals surface area contributed by atoms with Gasteiger partial charge in [0.1, 0.15) is 5.69 Å². The van der Waals surface area contributed by atoms with Crippen molar-refractivity contribution in [2.45, 2.75) is 6.54 Å². The van der Waals surface area contributed by atoms with Crippen LogP contribution in [0.15, 0.2) is 82.1 Å². The van der Waals surface area contributed by atoms with Crippen molar-refractivity contribution in [2.24, 2.45) is 0 Å². The number of nitro benzene ring substituents is 1. The lowest BCUT2D eigenvalue weighted by atomic mass is 9.96. The molecule has 7 nitrogen and oxygen atoms in total. The number of benzene rings is 3. The maximum absolute atomic E-state index is 13.5. The zero-order valence-corrected chi connectivity index (χ0v) is 18.5. The van der Waals surface area contributed by atoms with Crippen molar-refractivity contribution >= 4 is 38.4 Å². The van der Waals surface area contributed by atoms with Crippen LogP contribution in [0.4, 0.5) is 5.69 Å². The number of rotatable bonds is 5. The third-order valence-electron chi connectivity index (χ3n) is 5.16. The summed E-state index contributed by atoms with van der Waals surface area (Å²) in [4.78, 5) is 36.9. The lowest BCUT2D eigenvalue weighted by Gasteiger charge is -2.19. The molecule has 0 aliphatic carbocycles. The van der Waals surface area contributed by atoms with E-state index in [0.29, 0.717) is 21.9 Å². The molecule has 32 heavy (non-hydrogen) atoms. The number of nitro groups is 1. The van der Waals surface area contributed by atoms with E-state index in [1.54, 1.807) is 24.3 Å². The van der Waals surface area contributed by atoms with Crippen LogP contribution in [0, 0.1) is 10.1 Å². The van der Waals surface area contributed by atoms with E-state index in [2.05, 4.69) is 15.9 Å². The van der Waals surface area contributed by atoms with E-state index < -0.39 is 10.9 Å². The van der Waals surface area contributed by atoms with Crippen LogP contribution in [0.5, 0.6) is 0 Å². The Morgan fingerprint density at radius 1 is 1.03 bits per heavy atom. The molecule has 160 valence electrons. The van der Waals surface area contributed by atoms with Crippen molar-refractivity contribution in [1.82, 2.24) is 4.57 Å². The summed E-state index contributed by atoms with van der Waals surface area (Å²) < 4.78 is 7.20. The van der Waals surface area contributed by atoms with Crippen LogP contribution < -0.4 is 5.56 Å². The largest absolute Gasteiger partial charge is 0.464 e. The molecule has 4 aromatic rings. The Morgan fingerprint density at radius 2 is 1.72 bits per heavy atom. The fraction of sp³-hybridized carbons (Fsp3) is 0.0833. The van der Waals surface area contributed by atoms with Gasteiger partial charge in [-0.25, -0.2) is 4.79 Å². The molecule has 4 rings (SSSR count). The van der Waals surface area contributed by atoms with Gasteiger partial charge < -0.3 is 4.74 Å². The average molecular weight is 493 g/mol. The lowest BCUT2D eigenvalue weighted by molar-refractivity contribution is -0.384. The third kappa shape index (κ3) is 3.92. The fourth-order valence-corrected chi connectivity index (χ4v) is 4.04. The highest BCUT2D eigenvalue weighted by atomic mass is 79.9. The molecular formula is C24H17BrN2O5. The molecule has 0 unspecified atom stereocenters. The molecule has 0 saturated carbocycles. The van der Waals surface area contributed by atoms with Crippen LogP contribution in [0.1, 0.15) is 16.1 Å². The molecule has 1 heterocycles. The van der Waals surface area contributed by atoms with E-state index in [1.165, 1.54) is 23.8 Å². The van der Waals surface area contributed by atoms with Crippen LogP contribution >= 0.6 is 15.9 Å². The van der Waals surface area contributed by atoms with E-state index in [1.807, 2.05) is 36.4 Å². The molecule has 0 fully saturated rings. The number of fused-ring (bicyclic) bond motifs is 1. The first-order valence-electron chi connectivity index (χ1n) is 9.64. The number of halogens is 1. The van der Waals surface area contributed by atoms with Crippen LogP contribution in [-0.2, 0) is 11.3 Å². The molecule has 3 aromatic carbocycles. The van der Waals surface area contributed by atoms with Gasteiger partial charge in [0.15, 0.2) is 0 Å². The topological polar surface area (TPSA) is 91.4 Å². The number of pyridine rings is 1. The molecule has 0 amide bonds. The Kier molecular flexibility index (Phi) is 5.87. The molecule has 0 aliphatic heterocycles. The highest BCUT2D eigenvalue weighted by Gasteiger charge is 2.24. The number of ether oxygens (including phenoxy) is 1. The molecule has 0 aliphatic rings. The van der Waals surface area contributed by atoms with Crippen molar-refractivity contribution in [3.8, 4) is 11.1 Å². The predicted octanol–water partition coefficient (Wildman–Crippen LogP) is 5.17. The van der Waals surface area contributed by atoms with Crippen LogP contribution in [0.3, 0.4) is 0 Å². The highest BCUT2D eigenvalue weighted by Crippen LogP contribution is 2.33. The molecule has 8 heteroatoms. The summed E-state index contributed by atoms with van der Waals surface area (Å²) >= 11 is 3.45. The summed E-state index contributed by atoms with van der Waals surface area (Å²) in [6.07, 6.45) is 0. The van der Waals surface area contributed by atoms with Crippen LogP contribution in [0.25, 0.3) is 21.9 Å². The highest BCUT2D eigenvalue weighted by molar-refractivity contribution is 9.10. The second-order valence-electron chi connectivity index (χ2n) is 7.09. The number of aromatic nitrogens is 1. The van der Waals surface area contributed by atoms with E-state index in [0.717, 1.165) is 10.0 Å². The first kappa shape index (κ1) is 21.5. The molecule has 1 aromatic heterocycles. The molecular weight excluding hydrogens is 476 g/mol. The first-order valence-corrected chi connectivity index (χ1v) is 10.4. The van der Waals surface area contributed by atoms with Gasteiger partial charge in [-0.15, -0.1) is 0 Å². The van der Waals surface area contributed by atoms with Gasteiger partial charge in [-0.05, 0) is 34.7 Å². The van der Waals surface area contributed by atoms with Gasteiger partial charge in [0.2, 0.25) is 0 Å². The smallest absolute Gasteiger partial charge is 0.355 e. The second kappa shape index (κ2) is 8.76. The summed E-state index contributed by atoms with van der Waals surface area (Å²) in [5.74, 6) is -0.648. The Hall–Kier alpha value is -3.78. The van der Waals surface area contributed by atoms with Gasteiger partial charge in [-0.1, -0.05) is 58.4 Å². The minimum atomic E-state index is -0.648. The molecule has 0 bridgehead atoms. The van der Waals surface area contributed by atoms with Gasteiger partial charge in [-0.2, -0.15) is 0 Å². The number of carbonyl (C=O) groups excluding carboxylic acids is 1. The zero-order valence-electron chi connectivity index (χ0n) is 16.9. The van der Waals surface area contributed by atoms with E-state index in [4.69, 9.17) is 4.74 Å². The van der Waals surface area contributed by atoms with Gasteiger partial charge >= 0.3 is 5.97 Å². The first-order chi connectivity index (χ1) is 15.4. The number of carbonyl (C=O) groups is 1. The summed E-state index contributed by atoms with van der Waals surface area (Å²) in [6.45, 7) is 0.0487. The van der Waals surface area contributed by atoms with Crippen molar-refractivity contribution in [3.63, 3.8) is 0 Å². The fourth-order valence-electron chi connectivity index (χ4n) is 3.68. The summed E-state index contributed by atoms with van der Waals surface area (Å²) in [5.41, 5.74) is 1.68. The van der Waals surface area contributed by atoms with E-state index in [9.17, 15) is 19.7 Å². The van der Waals surface area contributed by atoms with Crippen molar-refractivity contribution < 1.29 is 14.5 Å². The molecule has 0 radical (unpaired) electrons. The van der Waals surface area contributed by atoms with Gasteiger partial charge in [0, 0.05) is 27.6 Å². The normalized spacial score (nSPS) is 10.8. The standard InChI is InChI=1S/C24H17BrN2O5/c1-32-24(29)22-21(16-5-3-2-4-6-16)20-13-17(25)9-12-19(20)23(28)26(22)14-15-7-10-18(11-8-15)27(30)31/h2-13H,14H2,1H3. The van der Waals surface area contributed by atoms with Gasteiger partial charge in [0.05, 0.1) is 18.6 Å². The quantitative estimate of drug-likeness (QED) is 0.217. The predicted molar refractivity (Wildman–Crippen MR) is 125 cm³/mol. The molecule has 0 saturated heterocycles. The Balaban J connectivity index is 2.05. The van der Waals surface area contributed by atoms with Crippen molar-refractivity contribution in [1.29, 1.82) is 0 Å². The minimum Gasteiger partial charge on any atom is -0.464 e. The number of esters is 1.